The fraction of sp³-hybridized carbons (Fsp3) is 0.278. The van der Waals surface area contributed by atoms with Gasteiger partial charge in [0, 0.05) is 19.4 Å². The maximum Gasteiger partial charge on any atom is 0.187 e. The van der Waals surface area contributed by atoms with E-state index in [0.717, 1.165) is 26.1 Å². The van der Waals surface area contributed by atoms with Crippen LogP contribution in [0.2, 0.25) is 5.02 Å². The third-order valence-corrected chi connectivity index (χ3v) is 5.03. The van der Waals surface area contributed by atoms with Crippen molar-refractivity contribution in [3.63, 3.8) is 0 Å². The molecule has 0 aliphatic carbocycles. The zero-order valence-corrected chi connectivity index (χ0v) is 15.4. The van der Waals surface area contributed by atoms with Gasteiger partial charge in [-0.25, -0.2) is 14.4 Å². The predicted molar refractivity (Wildman–Crippen MR) is 99.7 cm³/mol. The summed E-state index contributed by atoms with van der Waals surface area (Å²) in [5.74, 6) is -0.0288. The first-order valence-electron chi connectivity index (χ1n) is 8.86. The predicted octanol–water partition coefficient (Wildman–Crippen LogP) is 3.22. The summed E-state index contributed by atoms with van der Waals surface area (Å²) in [4.78, 5) is 8.94. The first-order valence-corrected chi connectivity index (χ1v) is 9.24. The highest BCUT2D eigenvalue weighted by Gasteiger charge is 2.18. The lowest BCUT2D eigenvalue weighted by Gasteiger charge is -2.22. The molecular weight excluding hydrogens is 385 g/mol. The summed E-state index contributed by atoms with van der Waals surface area (Å²) in [5, 5.41) is 12.8. The van der Waals surface area contributed by atoms with E-state index in [0.29, 0.717) is 34.4 Å². The number of ether oxygens (including phenoxy) is 1. The van der Waals surface area contributed by atoms with E-state index < -0.39 is 5.82 Å². The summed E-state index contributed by atoms with van der Waals surface area (Å²) in [6.45, 7) is 1.49. The quantitative estimate of drug-likeness (QED) is 0.526. The van der Waals surface area contributed by atoms with Gasteiger partial charge < -0.3 is 4.74 Å². The van der Waals surface area contributed by atoms with Crippen molar-refractivity contribution in [3.8, 4) is 17.2 Å². The molecule has 3 aromatic heterocycles. The van der Waals surface area contributed by atoms with Gasteiger partial charge in [0.25, 0.3) is 0 Å². The zero-order valence-electron chi connectivity index (χ0n) is 14.7. The van der Waals surface area contributed by atoms with Gasteiger partial charge in [0.2, 0.25) is 0 Å². The van der Waals surface area contributed by atoms with Crippen molar-refractivity contribution in [1.29, 1.82) is 0 Å². The molecule has 142 valence electrons. The molecule has 1 aliphatic heterocycles. The van der Waals surface area contributed by atoms with E-state index in [1.807, 2.05) is 16.9 Å². The molecule has 0 spiro atoms. The number of halogens is 2. The van der Waals surface area contributed by atoms with Crippen LogP contribution in [0.3, 0.4) is 0 Å². The summed E-state index contributed by atoms with van der Waals surface area (Å²) in [7, 11) is 0. The molecule has 4 aromatic rings. The number of benzene rings is 1. The minimum atomic E-state index is -0.496. The van der Waals surface area contributed by atoms with Crippen LogP contribution >= 0.6 is 11.6 Å². The largest absolute Gasteiger partial charge is 0.381 e. The van der Waals surface area contributed by atoms with Gasteiger partial charge in [-0.2, -0.15) is 9.78 Å². The number of fused-ring (bicyclic) bond motifs is 1. The molecule has 1 aliphatic rings. The molecule has 1 fully saturated rings. The summed E-state index contributed by atoms with van der Waals surface area (Å²) in [5.41, 5.74) is 2.24. The monoisotopic (exact) mass is 399 g/mol. The molecule has 4 heterocycles. The Hall–Kier alpha value is -2.91. The second-order valence-electron chi connectivity index (χ2n) is 6.53. The Bertz CT molecular complexity index is 1150. The van der Waals surface area contributed by atoms with Crippen LogP contribution in [0.1, 0.15) is 18.9 Å². The van der Waals surface area contributed by atoms with Crippen LogP contribution < -0.4 is 0 Å². The van der Waals surface area contributed by atoms with E-state index in [-0.39, 0.29) is 5.02 Å². The molecule has 0 N–H and O–H groups in total. The molecule has 1 aromatic carbocycles. The van der Waals surface area contributed by atoms with Crippen molar-refractivity contribution in [2.75, 3.05) is 13.2 Å². The summed E-state index contributed by atoms with van der Waals surface area (Å²) in [6, 6.07) is 6.53. The van der Waals surface area contributed by atoms with Crippen molar-refractivity contribution in [1.82, 2.24) is 34.7 Å². The lowest BCUT2D eigenvalue weighted by atomic mass is 10.1. The van der Waals surface area contributed by atoms with E-state index in [4.69, 9.17) is 16.3 Å². The third-order valence-electron chi connectivity index (χ3n) is 4.74. The van der Waals surface area contributed by atoms with E-state index >= 15 is 0 Å². The fourth-order valence-corrected chi connectivity index (χ4v) is 3.43. The molecule has 8 nitrogen and oxygen atoms in total. The fourth-order valence-electron chi connectivity index (χ4n) is 3.25. The topological polar surface area (TPSA) is 83.5 Å². The Morgan fingerprint density at radius 3 is 2.86 bits per heavy atom. The van der Waals surface area contributed by atoms with Gasteiger partial charge in [0.1, 0.15) is 11.5 Å². The van der Waals surface area contributed by atoms with Gasteiger partial charge >= 0.3 is 0 Å². The SMILES string of the molecule is Fc1ccc(-n2nnc3cnc(-c4ccn(C5CCOCC5)n4)nc32)cc1Cl. The number of aromatic nitrogens is 7. The van der Waals surface area contributed by atoms with Crippen LogP contribution in [0.15, 0.2) is 36.7 Å². The third kappa shape index (κ3) is 3.02. The van der Waals surface area contributed by atoms with Crippen molar-refractivity contribution in [3.05, 3.63) is 47.5 Å². The molecular formula is C18H15ClFN7O. The lowest BCUT2D eigenvalue weighted by molar-refractivity contribution is 0.0663. The standard InChI is InChI=1S/C18H15ClFN7O/c19-13-9-12(1-2-14(13)20)27-18-16(23-25-27)10-21-17(22-18)15-3-6-26(24-15)11-4-7-28-8-5-11/h1-3,6,9-11H,4-5,7-8H2. The highest BCUT2D eigenvalue weighted by atomic mass is 35.5. The molecule has 1 saturated heterocycles. The first-order chi connectivity index (χ1) is 13.7. The molecule has 28 heavy (non-hydrogen) atoms. The number of hydrogen-bond donors (Lipinski definition) is 0. The maximum atomic E-state index is 13.5. The Morgan fingerprint density at radius 1 is 1.18 bits per heavy atom. The Balaban J connectivity index is 1.53. The molecule has 0 bridgehead atoms. The van der Waals surface area contributed by atoms with Crippen molar-refractivity contribution < 1.29 is 9.13 Å². The zero-order chi connectivity index (χ0) is 19.1. The molecule has 0 radical (unpaired) electrons. The van der Waals surface area contributed by atoms with E-state index in [2.05, 4.69) is 25.4 Å². The summed E-state index contributed by atoms with van der Waals surface area (Å²) < 4.78 is 22.3. The van der Waals surface area contributed by atoms with Gasteiger partial charge in [0.05, 0.1) is 22.9 Å². The van der Waals surface area contributed by atoms with Crippen LogP contribution in [0, 0.1) is 5.82 Å². The second-order valence-corrected chi connectivity index (χ2v) is 6.93. The molecule has 0 atom stereocenters. The maximum absolute atomic E-state index is 13.5. The molecule has 0 unspecified atom stereocenters. The summed E-state index contributed by atoms with van der Waals surface area (Å²) >= 11 is 5.89. The highest BCUT2D eigenvalue weighted by Crippen LogP contribution is 2.24. The first kappa shape index (κ1) is 17.2. The second kappa shape index (κ2) is 6.92. The smallest absolute Gasteiger partial charge is 0.187 e. The number of hydrogen-bond acceptors (Lipinski definition) is 6. The lowest BCUT2D eigenvalue weighted by Crippen LogP contribution is -2.19. The van der Waals surface area contributed by atoms with Gasteiger partial charge in [-0.15, -0.1) is 5.10 Å². The molecule has 5 rings (SSSR count). The van der Waals surface area contributed by atoms with E-state index in [1.165, 1.54) is 16.8 Å². The Labute approximate surface area is 163 Å². The van der Waals surface area contributed by atoms with Gasteiger partial charge in [0.15, 0.2) is 17.0 Å². The highest BCUT2D eigenvalue weighted by molar-refractivity contribution is 6.30. The Morgan fingerprint density at radius 2 is 2.04 bits per heavy atom. The van der Waals surface area contributed by atoms with Gasteiger partial charge in [-0.3, -0.25) is 4.68 Å². The Kier molecular flexibility index (Phi) is 4.25. The van der Waals surface area contributed by atoms with Gasteiger partial charge in [-0.1, -0.05) is 16.8 Å². The van der Waals surface area contributed by atoms with Crippen molar-refractivity contribution in [2.45, 2.75) is 18.9 Å². The van der Waals surface area contributed by atoms with Crippen molar-refractivity contribution in [2.24, 2.45) is 0 Å². The normalized spacial score (nSPS) is 15.4. The van der Waals surface area contributed by atoms with Crippen LogP contribution in [-0.4, -0.2) is 48.0 Å². The van der Waals surface area contributed by atoms with Gasteiger partial charge in [-0.05, 0) is 37.1 Å². The average Bonchev–Trinajstić information content (AvgIpc) is 3.38. The minimum Gasteiger partial charge on any atom is -0.381 e. The molecule has 0 saturated carbocycles. The summed E-state index contributed by atoms with van der Waals surface area (Å²) in [6.07, 6.45) is 5.40. The molecule has 10 heteroatoms. The van der Waals surface area contributed by atoms with E-state index in [1.54, 1.807) is 12.3 Å². The molecule has 0 amide bonds. The number of nitrogens with zero attached hydrogens (tertiary/aromatic N) is 7. The van der Waals surface area contributed by atoms with Crippen LogP contribution in [-0.2, 0) is 4.74 Å². The van der Waals surface area contributed by atoms with Crippen molar-refractivity contribution >= 4 is 22.8 Å². The van der Waals surface area contributed by atoms with Crippen LogP contribution in [0.5, 0.6) is 0 Å². The minimum absolute atomic E-state index is 0.00522. The van der Waals surface area contributed by atoms with Crippen LogP contribution in [0.4, 0.5) is 4.39 Å². The van der Waals surface area contributed by atoms with E-state index in [9.17, 15) is 4.39 Å². The average molecular weight is 400 g/mol. The number of rotatable bonds is 3. The van der Waals surface area contributed by atoms with Crippen LogP contribution in [0.25, 0.3) is 28.4 Å².